The van der Waals surface area contributed by atoms with Gasteiger partial charge in [0, 0.05) is 19.3 Å². The lowest BCUT2D eigenvalue weighted by molar-refractivity contribution is 0.483. The molecule has 1 rings (SSSR count). The second-order valence-electron chi connectivity index (χ2n) is 4.56. The molecule has 90 valence electrons. The predicted molar refractivity (Wildman–Crippen MR) is 71.9 cm³/mol. The molecule has 1 aromatic carbocycles. The number of anilines is 1. The van der Waals surface area contributed by atoms with Crippen molar-refractivity contribution in [1.82, 2.24) is 0 Å². The Hall–Kier alpha value is -1.02. The van der Waals surface area contributed by atoms with Crippen LogP contribution in [0.1, 0.15) is 25.3 Å². The Morgan fingerprint density at radius 1 is 1.25 bits per heavy atom. The standard InChI is InChI=1S/C14H24N2/c1-4-13(11-15)9-10-16(3)14-7-5-12(2)6-8-14/h5-8,13H,4,9-11,15H2,1-3H3. The van der Waals surface area contributed by atoms with Crippen LogP contribution in [0.15, 0.2) is 24.3 Å². The second-order valence-corrected chi connectivity index (χ2v) is 4.56. The topological polar surface area (TPSA) is 29.3 Å². The molecule has 0 aliphatic carbocycles. The molecular weight excluding hydrogens is 196 g/mol. The largest absolute Gasteiger partial charge is 0.375 e. The first-order chi connectivity index (χ1) is 7.67. The highest BCUT2D eigenvalue weighted by Crippen LogP contribution is 2.15. The molecule has 0 fully saturated rings. The fraction of sp³-hybridized carbons (Fsp3) is 0.571. The molecule has 1 atom stereocenters. The van der Waals surface area contributed by atoms with Gasteiger partial charge in [0.1, 0.15) is 0 Å². The van der Waals surface area contributed by atoms with E-state index in [4.69, 9.17) is 5.73 Å². The molecule has 0 aliphatic heterocycles. The van der Waals surface area contributed by atoms with Crippen molar-refractivity contribution in [3.63, 3.8) is 0 Å². The molecule has 1 unspecified atom stereocenters. The van der Waals surface area contributed by atoms with Crippen molar-refractivity contribution in [2.75, 3.05) is 25.0 Å². The van der Waals surface area contributed by atoms with Crippen LogP contribution in [0.4, 0.5) is 5.69 Å². The molecule has 16 heavy (non-hydrogen) atoms. The maximum absolute atomic E-state index is 5.71. The Bertz CT molecular complexity index is 288. The number of rotatable bonds is 6. The van der Waals surface area contributed by atoms with Crippen LogP contribution in [0.5, 0.6) is 0 Å². The van der Waals surface area contributed by atoms with Crippen molar-refractivity contribution in [2.24, 2.45) is 11.7 Å². The molecule has 0 aliphatic rings. The van der Waals surface area contributed by atoms with Gasteiger partial charge in [-0.2, -0.15) is 0 Å². The Morgan fingerprint density at radius 2 is 1.88 bits per heavy atom. The smallest absolute Gasteiger partial charge is 0.0363 e. The first-order valence-electron chi connectivity index (χ1n) is 6.15. The fourth-order valence-corrected chi connectivity index (χ4v) is 1.79. The zero-order chi connectivity index (χ0) is 12.0. The molecule has 1 aromatic rings. The number of benzene rings is 1. The van der Waals surface area contributed by atoms with Gasteiger partial charge in [-0.25, -0.2) is 0 Å². The molecule has 0 aromatic heterocycles. The molecule has 0 radical (unpaired) electrons. The van der Waals surface area contributed by atoms with E-state index in [1.54, 1.807) is 0 Å². The normalized spacial score (nSPS) is 12.5. The van der Waals surface area contributed by atoms with E-state index in [-0.39, 0.29) is 0 Å². The lowest BCUT2D eigenvalue weighted by Crippen LogP contribution is -2.23. The van der Waals surface area contributed by atoms with E-state index in [2.05, 4.69) is 50.1 Å². The molecule has 2 N–H and O–H groups in total. The number of hydrogen-bond acceptors (Lipinski definition) is 2. The van der Waals surface area contributed by atoms with Crippen LogP contribution in [0.2, 0.25) is 0 Å². The van der Waals surface area contributed by atoms with Gasteiger partial charge in [-0.1, -0.05) is 31.0 Å². The van der Waals surface area contributed by atoms with E-state index in [0.717, 1.165) is 13.1 Å². The average Bonchev–Trinajstić information content (AvgIpc) is 2.31. The summed E-state index contributed by atoms with van der Waals surface area (Å²) in [5, 5.41) is 0. The van der Waals surface area contributed by atoms with E-state index in [1.165, 1.54) is 24.1 Å². The van der Waals surface area contributed by atoms with Crippen LogP contribution in [0.3, 0.4) is 0 Å². The number of aryl methyl sites for hydroxylation is 1. The summed E-state index contributed by atoms with van der Waals surface area (Å²) in [6.45, 7) is 6.21. The van der Waals surface area contributed by atoms with Gasteiger partial charge in [0.15, 0.2) is 0 Å². The molecule has 0 saturated heterocycles. The SMILES string of the molecule is CCC(CN)CCN(C)c1ccc(C)cc1. The third-order valence-corrected chi connectivity index (χ3v) is 3.26. The lowest BCUT2D eigenvalue weighted by Gasteiger charge is -2.22. The third kappa shape index (κ3) is 3.86. The highest BCUT2D eigenvalue weighted by atomic mass is 15.1. The highest BCUT2D eigenvalue weighted by molar-refractivity contribution is 5.46. The molecule has 0 heterocycles. The van der Waals surface area contributed by atoms with E-state index in [1.807, 2.05) is 0 Å². The summed E-state index contributed by atoms with van der Waals surface area (Å²) in [5.41, 5.74) is 8.31. The molecular formula is C14H24N2. The van der Waals surface area contributed by atoms with Crippen molar-refractivity contribution in [3.05, 3.63) is 29.8 Å². The van der Waals surface area contributed by atoms with Crippen LogP contribution in [-0.2, 0) is 0 Å². The maximum atomic E-state index is 5.71. The van der Waals surface area contributed by atoms with Gasteiger partial charge in [0.25, 0.3) is 0 Å². The van der Waals surface area contributed by atoms with Gasteiger partial charge in [-0.15, -0.1) is 0 Å². The first kappa shape index (κ1) is 13.0. The van der Waals surface area contributed by atoms with E-state index in [9.17, 15) is 0 Å². The summed E-state index contributed by atoms with van der Waals surface area (Å²) in [7, 11) is 2.15. The second kappa shape index (κ2) is 6.54. The molecule has 2 heteroatoms. The predicted octanol–water partition coefficient (Wildman–Crippen LogP) is 2.81. The van der Waals surface area contributed by atoms with Crippen molar-refractivity contribution in [3.8, 4) is 0 Å². The molecule has 0 saturated carbocycles. The van der Waals surface area contributed by atoms with Gasteiger partial charge in [0.2, 0.25) is 0 Å². The molecule has 0 amide bonds. The van der Waals surface area contributed by atoms with Crippen LogP contribution in [0.25, 0.3) is 0 Å². The Kier molecular flexibility index (Phi) is 5.33. The zero-order valence-corrected chi connectivity index (χ0v) is 10.7. The van der Waals surface area contributed by atoms with Crippen molar-refractivity contribution in [1.29, 1.82) is 0 Å². The quantitative estimate of drug-likeness (QED) is 0.798. The van der Waals surface area contributed by atoms with Gasteiger partial charge in [-0.3, -0.25) is 0 Å². The van der Waals surface area contributed by atoms with Gasteiger partial charge < -0.3 is 10.6 Å². The molecule has 2 nitrogen and oxygen atoms in total. The average molecular weight is 220 g/mol. The summed E-state index contributed by atoms with van der Waals surface area (Å²) < 4.78 is 0. The maximum Gasteiger partial charge on any atom is 0.0363 e. The lowest BCUT2D eigenvalue weighted by atomic mass is 10.0. The van der Waals surface area contributed by atoms with E-state index < -0.39 is 0 Å². The number of nitrogens with zero attached hydrogens (tertiary/aromatic N) is 1. The van der Waals surface area contributed by atoms with Crippen LogP contribution >= 0.6 is 0 Å². The van der Waals surface area contributed by atoms with Gasteiger partial charge in [0.05, 0.1) is 0 Å². The van der Waals surface area contributed by atoms with Gasteiger partial charge >= 0.3 is 0 Å². The zero-order valence-electron chi connectivity index (χ0n) is 10.7. The van der Waals surface area contributed by atoms with Crippen molar-refractivity contribution in [2.45, 2.75) is 26.7 Å². The minimum Gasteiger partial charge on any atom is -0.375 e. The summed E-state index contributed by atoms with van der Waals surface area (Å²) in [6.07, 6.45) is 2.36. The summed E-state index contributed by atoms with van der Waals surface area (Å²) >= 11 is 0. The molecule has 0 bridgehead atoms. The summed E-state index contributed by atoms with van der Waals surface area (Å²) in [4.78, 5) is 2.30. The number of nitrogens with two attached hydrogens (primary N) is 1. The fourth-order valence-electron chi connectivity index (χ4n) is 1.79. The Balaban J connectivity index is 2.46. The summed E-state index contributed by atoms with van der Waals surface area (Å²) in [6, 6.07) is 8.68. The third-order valence-electron chi connectivity index (χ3n) is 3.26. The minimum atomic E-state index is 0.660. The minimum absolute atomic E-state index is 0.660. The first-order valence-corrected chi connectivity index (χ1v) is 6.15. The number of hydrogen-bond donors (Lipinski definition) is 1. The Morgan fingerprint density at radius 3 is 2.38 bits per heavy atom. The van der Waals surface area contributed by atoms with Crippen LogP contribution < -0.4 is 10.6 Å². The van der Waals surface area contributed by atoms with E-state index >= 15 is 0 Å². The van der Waals surface area contributed by atoms with Crippen molar-refractivity contribution < 1.29 is 0 Å². The van der Waals surface area contributed by atoms with Gasteiger partial charge in [-0.05, 0) is 37.9 Å². The highest BCUT2D eigenvalue weighted by Gasteiger charge is 2.06. The summed E-state index contributed by atoms with van der Waals surface area (Å²) in [5.74, 6) is 0.660. The van der Waals surface area contributed by atoms with Crippen LogP contribution in [0, 0.1) is 12.8 Å². The molecule has 0 spiro atoms. The Labute approximate surface area is 99.5 Å². The monoisotopic (exact) mass is 220 g/mol. The van der Waals surface area contributed by atoms with E-state index in [0.29, 0.717) is 5.92 Å². The van der Waals surface area contributed by atoms with Crippen LogP contribution in [-0.4, -0.2) is 20.1 Å². The van der Waals surface area contributed by atoms with Crippen molar-refractivity contribution >= 4 is 5.69 Å².